The predicted octanol–water partition coefficient (Wildman–Crippen LogP) is 2.08. The van der Waals surface area contributed by atoms with Crippen molar-refractivity contribution >= 4 is 5.91 Å². The van der Waals surface area contributed by atoms with Gasteiger partial charge < -0.3 is 10.6 Å². The van der Waals surface area contributed by atoms with Crippen molar-refractivity contribution in [3.63, 3.8) is 0 Å². The van der Waals surface area contributed by atoms with E-state index in [0.717, 1.165) is 39.0 Å². The summed E-state index contributed by atoms with van der Waals surface area (Å²) < 4.78 is 0. The molecule has 2 fully saturated rings. The van der Waals surface area contributed by atoms with Gasteiger partial charge in [-0.15, -0.1) is 0 Å². The molecule has 0 radical (unpaired) electrons. The fourth-order valence-corrected chi connectivity index (χ4v) is 3.89. The zero-order chi connectivity index (χ0) is 15.5. The maximum absolute atomic E-state index is 12.5. The molecule has 2 aliphatic rings. The van der Waals surface area contributed by atoms with Gasteiger partial charge in [0.2, 0.25) is 5.91 Å². The van der Waals surface area contributed by atoms with E-state index in [1.807, 2.05) is 0 Å². The highest BCUT2D eigenvalue weighted by atomic mass is 16.2. The lowest BCUT2D eigenvalue weighted by Crippen LogP contribution is -2.52. The minimum atomic E-state index is 0.240. The van der Waals surface area contributed by atoms with Gasteiger partial charge in [0.15, 0.2) is 0 Å². The summed E-state index contributed by atoms with van der Waals surface area (Å²) in [5.74, 6) is 0.895. The van der Waals surface area contributed by atoms with Gasteiger partial charge in [-0.05, 0) is 50.1 Å². The van der Waals surface area contributed by atoms with E-state index in [-0.39, 0.29) is 5.41 Å². The molecule has 1 amide bonds. The maximum atomic E-state index is 12.5. The Hall–Kier alpha value is -0.610. The summed E-state index contributed by atoms with van der Waals surface area (Å²) in [6, 6.07) is 0.630. The second-order valence-corrected chi connectivity index (χ2v) is 7.85. The fraction of sp³-hybridized carbons (Fsp3) is 0.941. The smallest absolute Gasteiger partial charge is 0.222 e. The van der Waals surface area contributed by atoms with Crippen molar-refractivity contribution in [2.45, 2.75) is 58.9 Å². The third-order valence-corrected chi connectivity index (χ3v) is 5.39. The Kier molecular flexibility index (Phi) is 5.67. The van der Waals surface area contributed by atoms with Crippen LogP contribution in [0.5, 0.6) is 0 Å². The molecule has 2 aliphatic heterocycles. The molecular formula is C17H33N3O. The molecule has 2 rings (SSSR count). The highest BCUT2D eigenvalue weighted by Crippen LogP contribution is 2.32. The Labute approximate surface area is 130 Å². The molecule has 4 nitrogen and oxygen atoms in total. The molecule has 0 aromatic heterocycles. The lowest BCUT2D eigenvalue weighted by molar-refractivity contribution is -0.134. The van der Waals surface area contributed by atoms with Crippen LogP contribution < -0.4 is 5.73 Å². The zero-order valence-electron chi connectivity index (χ0n) is 14.1. The van der Waals surface area contributed by atoms with Crippen LogP contribution in [-0.4, -0.2) is 54.5 Å². The molecule has 0 saturated carbocycles. The summed E-state index contributed by atoms with van der Waals surface area (Å²) in [5, 5.41) is 0. The van der Waals surface area contributed by atoms with E-state index in [1.54, 1.807) is 0 Å². The molecule has 0 aromatic carbocycles. The zero-order valence-corrected chi connectivity index (χ0v) is 14.1. The minimum absolute atomic E-state index is 0.240. The van der Waals surface area contributed by atoms with E-state index in [1.165, 1.54) is 19.4 Å². The van der Waals surface area contributed by atoms with Crippen molar-refractivity contribution in [2.75, 3.05) is 32.7 Å². The van der Waals surface area contributed by atoms with Crippen LogP contribution in [0.25, 0.3) is 0 Å². The van der Waals surface area contributed by atoms with Gasteiger partial charge in [-0.2, -0.15) is 0 Å². The van der Waals surface area contributed by atoms with Crippen LogP contribution in [0.1, 0.15) is 52.9 Å². The van der Waals surface area contributed by atoms with Gasteiger partial charge in [-0.3, -0.25) is 9.69 Å². The molecule has 4 heteroatoms. The number of nitrogens with zero attached hydrogens (tertiary/aromatic N) is 2. The van der Waals surface area contributed by atoms with Crippen molar-refractivity contribution in [3.05, 3.63) is 0 Å². The molecule has 21 heavy (non-hydrogen) atoms. The summed E-state index contributed by atoms with van der Waals surface area (Å²) in [6.45, 7) is 11.7. The van der Waals surface area contributed by atoms with Gasteiger partial charge in [0.1, 0.15) is 0 Å². The summed E-state index contributed by atoms with van der Waals surface area (Å²) in [4.78, 5) is 17.2. The van der Waals surface area contributed by atoms with Crippen molar-refractivity contribution in [1.82, 2.24) is 9.80 Å². The lowest BCUT2D eigenvalue weighted by atomic mass is 9.76. The lowest BCUT2D eigenvalue weighted by Gasteiger charge is -2.38. The number of carbonyl (C=O) groups excluding carboxylic acids is 1. The van der Waals surface area contributed by atoms with E-state index >= 15 is 0 Å². The van der Waals surface area contributed by atoms with Gasteiger partial charge in [-0.1, -0.05) is 20.8 Å². The van der Waals surface area contributed by atoms with Crippen molar-refractivity contribution in [2.24, 2.45) is 17.1 Å². The van der Waals surface area contributed by atoms with Crippen LogP contribution in [0, 0.1) is 11.3 Å². The Balaban J connectivity index is 1.81. The predicted molar refractivity (Wildman–Crippen MR) is 87.0 cm³/mol. The minimum Gasteiger partial charge on any atom is -0.340 e. The van der Waals surface area contributed by atoms with Crippen molar-refractivity contribution in [3.8, 4) is 0 Å². The van der Waals surface area contributed by atoms with Crippen LogP contribution in [0.3, 0.4) is 0 Å². The molecule has 0 aromatic rings. The standard InChI is InChI=1S/C17H33N3O/c1-17(2,3)14(8-9-18)6-7-16(21)20-12-11-19-10-4-5-15(19)13-20/h14-15H,4-13,18H2,1-3H3. The number of piperazine rings is 1. The molecule has 2 atom stereocenters. The molecule has 0 aliphatic carbocycles. The van der Waals surface area contributed by atoms with Gasteiger partial charge in [-0.25, -0.2) is 0 Å². The highest BCUT2D eigenvalue weighted by Gasteiger charge is 2.33. The second-order valence-electron chi connectivity index (χ2n) is 7.85. The maximum Gasteiger partial charge on any atom is 0.222 e. The van der Waals surface area contributed by atoms with Gasteiger partial charge in [0.25, 0.3) is 0 Å². The number of rotatable bonds is 5. The van der Waals surface area contributed by atoms with Gasteiger partial charge in [0, 0.05) is 32.1 Å². The van der Waals surface area contributed by atoms with E-state index in [9.17, 15) is 4.79 Å². The average molecular weight is 295 g/mol. The van der Waals surface area contributed by atoms with Crippen LogP contribution in [-0.2, 0) is 4.79 Å². The number of fused-ring (bicyclic) bond motifs is 1. The van der Waals surface area contributed by atoms with E-state index < -0.39 is 0 Å². The van der Waals surface area contributed by atoms with Crippen LogP contribution in [0.2, 0.25) is 0 Å². The molecule has 2 heterocycles. The largest absolute Gasteiger partial charge is 0.340 e. The van der Waals surface area contributed by atoms with E-state index in [2.05, 4.69) is 30.6 Å². The first-order valence-corrected chi connectivity index (χ1v) is 8.63. The van der Waals surface area contributed by atoms with Crippen LogP contribution in [0.4, 0.5) is 0 Å². The topological polar surface area (TPSA) is 49.6 Å². The second kappa shape index (κ2) is 7.10. The number of hydrogen-bond donors (Lipinski definition) is 1. The first kappa shape index (κ1) is 16.8. The number of nitrogens with two attached hydrogens (primary N) is 1. The first-order valence-electron chi connectivity index (χ1n) is 8.63. The van der Waals surface area contributed by atoms with E-state index in [0.29, 0.717) is 24.3 Å². The quantitative estimate of drug-likeness (QED) is 0.845. The van der Waals surface area contributed by atoms with Crippen molar-refractivity contribution < 1.29 is 4.79 Å². The number of hydrogen-bond acceptors (Lipinski definition) is 3. The molecule has 0 bridgehead atoms. The molecule has 2 saturated heterocycles. The Morgan fingerprint density at radius 1 is 1.24 bits per heavy atom. The third kappa shape index (κ3) is 4.43. The summed E-state index contributed by atoms with van der Waals surface area (Å²) in [5.41, 5.74) is 5.97. The first-order chi connectivity index (χ1) is 9.91. The fourth-order valence-electron chi connectivity index (χ4n) is 3.89. The highest BCUT2D eigenvalue weighted by molar-refractivity contribution is 5.76. The Bertz CT molecular complexity index is 350. The van der Waals surface area contributed by atoms with E-state index in [4.69, 9.17) is 5.73 Å². The molecule has 2 N–H and O–H groups in total. The van der Waals surface area contributed by atoms with Gasteiger partial charge in [0.05, 0.1) is 0 Å². The third-order valence-electron chi connectivity index (χ3n) is 5.39. The van der Waals surface area contributed by atoms with Crippen molar-refractivity contribution in [1.29, 1.82) is 0 Å². The number of amides is 1. The SMILES string of the molecule is CC(C)(C)C(CCN)CCC(=O)N1CCN2CCCC2C1. The normalized spacial score (nSPS) is 25.0. The van der Waals surface area contributed by atoms with Crippen LogP contribution in [0.15, 0.2) is 0 Å². The summed E-state index contributed by atoms with van der Waals surface area (Å²) >= 11 is 0. The monoisotopic (exact) mass is 295 g/mol. The summed E-state index contributed by atoms with van der Waals surface area (Å²) in [7, 11) is 0. The molecular weight excluding hydrogens is 262 g/mol. The Morgan fingerprint density at radius 2 is 2.00 bits per heavy atom. The Morgan fingerprint density at radius 3 is 2.67 bits per heavy atom. The number of carbonyl (C=O) groups is 1. The van der Waals surface area contributed by atoms with Crippen LogP contribution >= 0.6 is 0 Å². The molecule has 122 valence electrons. The average Bonchev–Trinajstić information content (AvgIpc) is 2.89. The van der Waals surface area contributed by atoms with Gasteiger partial charge >= 0.3 is 0 Å². The summed E-state index contributed by atoms with van der Waals surface area (Å²) in [6.07, 6.45) is 5.25. The molecule has 0 spiro atoms. The molecule has 2 unspecified atom stereocenters.